The Kier molecular flexibility index (Phi) is 2.11. The van der Waals surface area contributed by atoms with Gasteiger partial charge in [0.15, 0.2) is 0 Å². The normalized spacial score (nSPS) is 10.3. The summed E-state index contributed by atoms with van der Waals surface area (Å²) in [5.74, 6) is 0. The van der Waals surface area contributed by atoms with Crippen LogP contribution in [0.3, 0.4) is 0 Å². The van der Waals surface area contributed by atoms with Crippen LogP contribution in [0, 0.1) is 0 Å². The molecule has 0 amide bonds. The SMILES string of the molecule is CNc1cc(Cl)cc2ccccc12. The highest BCUT2D eigenvalue weighted by atomic mass is 35.5. The molecular weight excluding hydrogens is 182 g/mol. The number of rotatable bonds is 1. The number of nitrogens with one attached hydrogen (secondary N) is 1. The van der Waals surface area contributed by atoms with Crippen LogP contribution in [0.5, 0.6) is 0 Å². The van der Waals surface area contributed by atoms with Crippen molar-refractivity contribution in [3.63, 3.8) is 0 Å². The topological polar surface area (TPSA) is 12.0 Å². The molecule has 0 unspecified atom stereocenters. The summed E-state index contributed by atoms with van der Waals surface area (Å²) in [5.41, 5.74) is 1.07. The minimum atomic E-state index is 0.767. The van der Waals surface area contributed by atoms with Crippen molar-refractivity contribution in [3.05, 3.63) is 41.4 Å². The average Bonchev–Trinajstić information content (AvgIpc) is 2.16. The van der Waals surface area contributed by atoms with Crippen LogP contribution in [0.4, 0.5) is 5.69 Å². The van der Waals surface area contributed by atoms with E-state index in [9.17, 15) is 0 Å². The van der Waals surface area contributed by atoms with E-state index in [1.165, 1.54) is 10.8 Å². The number of hydrogen-bond donors (Lipinski definition) is 1. The van der Waals surface area contributed by atoms with Gasteiger partial charge in [0.1, 0.15) is 0 Å². The fraction of sp³-hybridized carbons (Fsp3) is 0.0909. The lowest BCUT2D eigenvalue weighted by Gasteiger charge is -2.06. The van der Waals surface area contributed by atoms with Crippen molar-refractivity contribution in [2.45, 2.75) is 0 Å². The highest BCUT2D eigenvalue weighted by Crippen LogP contribution is 2.27. The summed E-state index contributed by atoms with van der Waals surface area (Å²) in [7, 11) is 1.90. The summed E-state index contributed by atoms with van der Waals surface area (Å²) in [4.78, 5) is 0. The van der Waals surface area contributed by atoms with Gasteiger partial charge in [-0.3, -0.25) is 0 Å². The molecule has 0 atom stereocenters. The molecule has 1 N–H and O–H groups in total. The van der Waals surface area contributed by atoms with E-state index in [-0.39, 0.29) is 0 Å². The van der Waals surface area contributed by atoms with Crippen molar-refractivity contribution < 1.29 is 0 Å². The van der Waals surface area contributed by atoms with Crippen molar-refractivity contribution in [2.75, 3.05) is 12.4 Å². The number of benzene rings is 2. The third-order valence-corrected chi connectivity index (χ3v) is 2.31. The molecule has 0 aliphatic rings. The van der Waals surface area contributed by atoms with E-state index in [2.05, 4.69) is 17.4 Å². The van der Waals surface area contributed by atoms with Gasteiger partial charge in [-0.15, -0.1) is 0 Å². The zero-order valence-corrected chi connectivity index (χ0v) is 8.10. The van der Waals surface area contributed by atoms with Crippen molar-refractivity contribution >= 4 is 28.1 Å². The van der Waals surface area contributed by atoms with Gasteiger partial charge in [0, 0.05) is 23.1 Å². The van der Waals surface area contributed by atoms with Crippen LogP contribution in [-0.2, 0) is 0 Å². The maximum Gasteiger partial charge on any atom is 0.0432 e. The molecule has 0 spiro atoms. The molecule has 0 fully saturated rings. The highest BCUT2D eigenvalue weighted by Gasteiger charge is 1.99. The first-order chi connectivity index (χ1) is 6.31. The minimum Gasteiger partial charge on any atom is -0.388 e. The zero-order valence-electron chi connectivity index (χ0n) is 7.34. The molecular formula is C11H10ClN. The quantitative estimate of drug-likeness (QED) is 0.727. The number of anilines is 1. The van der Waals surface area contributed by atoms with Gasteiger partial charge in [-0.1, -0.05) is 35.9 Å². The predicted molar refractivity (Wildman–Crippen MR) is 58.5 cm³/mol. The first-order valence-corrected chi connectivity index (χ1v) is 4.55. The molecule has 13 heavy (non-hydrogen) atoms. The summed E-state index contributed by atoms with van der Waals surface area (Å²) in [5, 5.41) is 6.26. The molecule has 0 aromatic heterocycles. The summed E-state index contributed by atoms with van der Waals surface area (Å²) in [6.45, 7) is 0. The van der Waals surface area contributed by atoms with Crippen LogP contribution >= 0.6 is 11.6 Å². The van der Waals surface area contributed by atoms with Gasteiger partial charge in [0.25, 0.3) is 0 Å². The molecule has 1 nitrogen and oxygen atoms in total. The molecule has 0 saturated carbocycles. The Balaban J connectivity index is 2.81. The summed E-state index contributed by atoms with van der Waals surface area (Å²) in [6, 6.07) is 12.1. The molecule has 0 saturated heterocycles. The molecule has 2 aromatic rings. The summed E-state index contributed by atoms with van der Waals surface area (Å²) < 4.78 is 0. The molecule has 0 heterocycles. The van der Waals surface area contributed by atoms with Gasteiger partial charge in [-0.25, -0.2) is 0 Å². The molecule has 0 bridgehead atoms. The predicted octanol–water partition coefficient (Wildman–Crippen LogP) is 3.53. The van der Waals surface area contributed by atoms with Crippen molar-refractivity contribution in [3.8, 4) is 0 Å². The second-order valence-corrected chi connectivity index (χ2v) is 3.36. The number of fused-ring (bicyclic) bond motifs is 1. The molecule has 0 aliphatic heterocycles. The lowest BCUT2D eigenvalue weighted by atomic mass is 10.1. The van der Waals surface area contributed by atoms with Crippen LogP contribution in [0.1, 0.15) is 0 Å². The maximum absolute atomic E-state index is 5.96. The molecule has 66 valence electrons. The van der Waals surface area contributed by atoms with Gasteiger partial charge >= 0.3 is 0 Å². The van der Waals surface area contributed by atoms with Crippen molar-refractivity contribution in [1.29, 1.82) is 0 Å². The van der Waals surface area contributed by atoms with E-state index >= 15 is 0 Å². The van der Waals surface area contributed by atoms with Crippen LogP contribution in [-0.4, -0.2) is 7.05 Å². The first-order valence-electron chi connectivity index (χ1n) is 4.17. The Hall–Kier alpha value is -1.21. The van der Waals surface area contributed by atoms with Gasteiger partial charge in [0.2, 0.25) is 0 Å². The van der Waals surface area contributed by atoms with Gasteiger partial charge in [0.05, 0.1) is 0 Å². The van der Waals surface area contributed by atoms with Crippen LogP contribution in [0.25, 0.3) is 10.8 Å². The second-order valence-electron chi connectivity index (χ2n) is 2.92. The fourth-order valence-corrected chi connectivity index (χ4v) is 1.71. The first kappa shape index (κ1) is 8.39. The monoisotopic (exact) mass is 191 g/mol. The molecule has 0 radical (unpaired) electrons. The maximum atomic E-state index is 5.96. The number of hydrogen-bond acceptors (Lipinski definition) is 1. The van der Waals surface area contributed by atoms with Crippen LogP contribution in [0.15, 0.2) is 36.4 Å². The Labute approximate surface area is 82.3 Å². The lowest BCUT2D eigenvalue weighted by Crippen LogP contribution is -1.89. The molecule has 2 heteroatoms. The van der Waals surface area contributed by atoms with E-state index in [1.807, 2.05) is 31.3 Å². The zero-order chi connectivity index (χ0) is 9.26. The van der Waals surface area contributed by atoms with E-state index < -0.39 is 0 Å². The van der Waals surface area contributed by atoms with Crippen LogP contribution in [0.2, 0.25) is 5.02 Å². The standard InChI is InChI=1S/C11H10ClN/c1-13-11-7-9(12)6-8-4-2-3-5-10(8)11/h2-7,13H,1H3. The largest absolute Gasteiger partial charge is 0.388 e. The van der Waals surface area contributed by atoms with E-state index in [0.29, 0.717) is 0 Å². The van der Waals surface area contributed by atoms with Gasteiger partial charge < -0.3 is 5.32 Å². The van der Waals surface area contributed by atoms with Crippen LogP contribution < -0.4 is 5.32 Å². The Bertz CT molecular complexity index is 437. The third kappa shape index (κ3) is 1.47. The second kappa shape index (κ2) is 3.27. The Morgan fingerprint density at radius 1 is 1.15 bits per heavy atom. The lowest BCUT2D eigenvalue weighted by molar-refractivity contribution is 1.55. The Morgan fingerprint density at radius 2 is 1.92 bits per heavy atom. The third-order valence-electron chi connectivity index (χ3n) is 2.10. The summed E-state index contributed by atoms with van der Waals surface area (Å²) >= 11 is 5.96. The van der Waals surface area contributed by atoms with Crippen molar-refractivity contribution in [1.82, 2.24) is 0 Å². The Morgan fingerprint density at radius 3 is 2.69 bits per heavy atom. The highest BCUT2D eigenvalue weighted by molar-refractivity contribution is 6.32. The average molecular weight is 192 g/mol. The van der Waals surface area contributed by atoms with E-state index in [0.717, 1.165) is 10.7 Å². The van der Waals surface area contributed by atoms with E-state index in [1.54, 1.807) is 0 Å². The fourth-order valence-electron chi connectivity index (χ4n) is 1.48. The van der Waals surface area contributed by atoms with Gasteiger partial charge in [-0.2, -0.15) is 0 Å². The van der Waals surface area contributed by atoms with E-state index in [4.69, 9.17) is 11.6 Å². The minimum absolute atomic E-state index is 0.767. The summed E-state index contributed by atoms with van der Waals surface area (Å²) in [6.07, 6.45) is 0. The van der Waals surface area contributed by atoms with Crippen molar-refractivity contribution in [2.24, 2.45) is 0 Å². The number of halogens is 1. The molecule has 2 aromatic carbocycles. The van der Waals surface area contributed by atoms with Gasteiger partial charge in [-0.05, 0) is 17.5 Å². The molecule has 2 rings (SSSR count). The molecule has 0 aliphatic carbocycles. The smallest absolute Gasteiger partial charge is 0.0432 e.